The molecule has 110 valence electrons. The lowest BCUT2D eigenvalue weighted by Crippen LogP contribution is -2.15. The molecule has 1 N–H and O–H groups in total. The summed E-state index contributed by atoms with van der Waals surface area (Å²) in [5.41, 5.74) is 4.89. The molecule has 0 aliphatic carbocycles. The number of nitrogens with zero attached hydrogens (tertiary/aromatic N) is 4. The monoisotopic (exact) mass is 275 g/mol. The molecule has 2 heterocycles. The average Bonchev–Trinajstić information content (AvgIpc) is 2.99. The van der Waals surface area contributed by atoms with Crippen molar-refractivity contribution in [1.82, 2.24) is 24.9 Å². The molecule has 0 fully saturated rings. The van der Waals surface area contributed by atoms with Crippen LogP contribution in [0, 0.1) is 13.8 Å². The summed E-state index contributed by atoms with van der Waals surface area (Å²) in [6.07, 6.45) is 5.17. The van der Waals surface area contributed by atoms with Gasteiger partial charge in [0.1, 0.15) is 0 Å². The molecule has 2 aromatic heterocycles. The van der Waals surface area contributed by atoms with E-state index in [2.05, 4.69) is 54.1 Å². The smallest absolute Gasteiger partial charge is 0.0693 e. The highest BCUT2D eigenvalue weighted by molar-refractivity contribution is 5.25. The van der Waals surface area contributed by atoms with Crippen molar-refractivity contribution in [1.29, 1.82) is 0 Å². The van der Waals surface area contributed by atoms with Crippen molar-refractivity contribution < 1.29 is 0 Å². The summed E-state index contributed by atoms with van der Waals surface area (Å²) >= 11 is 0. The summed E-state index contributed by atoms with van der Waals surface area (Å²) in [7, 11) is 0. The van der Waals surface area contributed by atoms with Crippen molar-refractivity contribution in [3.63, 3.8) is 0 Å². The molecule has 0 saturated heterocycles. The molecular formula is C15H25N5. The molecule has 0 radical (unpaired) electrons. The van der Waals surface area contributed by atoms with Gasteiger partial charge in [0.05, 0.1) is 18.4 Å². The van der Waals surface area contributed by atoms with Gasteiger partial charge in [0.15, 0.2) is 0 Å². The molecule has 5 heteroatoms. The van der Waals surface area contributed by atoms with Crippen LogP contribution in [-0.2, 0) is 19.6 Å². The van der Waals surface area contributed by atoms with E-state index in [4.69, 9.17) is 0 Å². The van der Waals surface area contributed by atoms with E-state index in [0.717, 1.165) is 38.3 Å². The third-order valence-electron chi connectivity index (χ3n) is 3.60. The Bertz CT molecular complexity index is 553. The predicted molar refractivity (Wildman–Crippen MR) is 80.7 cm³/mol. The van der Waals surface area contributed by atoms with E-state index >= 15 is 0 Å². The van der Waals surface area contributed by atoms with Crippen LogP contribution < -0.4 is 5.32 Å². The Hall–Kier alpha value is -1.62. The van der Waals surface area contributed by atoms with Crippen LogP contribution in [0.3, 0.4) is 0 Å². The van der Waals surface area contributed by atoms with Gasteiger partial charge < -0.3 is 5.32 Å². The highest BCUT2D eigenvalue weighted by atomic mass is 15.3. The molecule has 0 unspecified atom stereocenters. The Morgan fingerprint density at radius 1 is 1.25 bits per heavy atom. The Balaban J connectivity index is 2.10. The van der Waals surface area contributed by atoms with Crippen LogP contribution >= 0.6 is 0 Å². The van der Waals surface area contributed by atoms with Crippen LogP contribution in [0.5, 0.6) is 0 Å². The third-order valence-corrected chi connectivity index (χ3v) is 3.60. The lowest BCUT2D eigenvalue weighted by molar-refractivity contribution is 0.643. The van der Waals surface area contributed by atoms with Crippen molar-refractivity contribution >= 4 is 0 Å². The number of hydrogen-bond donors (Lipinski definition) is 1. The Morgan fingerprint density at radius 3 is 2.70 bits per heavy atom. The maximum atomic E-state index is 4.66. The van der Waals surface area contributed by atoms with Gasteiger partial charge in [0.25, 0.3) is 0 Å². The first-order chi connectivity index (χ1) is 9.65. The molecule has 0 aromatic carbocycles. The summed E-state index contributed by atoms with van der Waals surface area (Å²) in [6.45, 7) is 12.2. The quantitative estimate of drug-likeness (QED) is 0.789. The summed E-state index contributed by atoms with van der Waals surface area (Å²) in [6, 6.07) is 0. The number of nitrogens with one attached hydrogen (secondary N) is 1. The second kappa shape index (κ2) is 6.70. The minimum Gasteiger partial charge on any atom is -0.313 e. The van der Waals surface area contributed by atoms with Crippen molar-refractivity contribution in [2.24, 2.45) is 0 Å². The SMILES string of the molecule is CCCNCc1c(C)nn(Cc2cnn(CC)c2)c1C. The van der Waals surface area contributed by atoms with Gasteiger partial charge in [-0.15, -0.1) is 0 Å². The summed E-state index contributed by atoms with van der Waals surface area (Å²) in [5.74, 6) is 0. The fourth-order valence-electron chi connectivity index (χ4n) is 2.37. The van der Waals surface area contributed by atoms with Crippen LogP contribution in [0.25, 0.3) is 0 Å². The second-order valence-corrected chi connectivity index (χ2v) is 5.19. The van der Waals surface area contributed by atoms with E-state index in [9.17, 15) is 0 Å². The number of hydrogen-bond acceptors (Lipinski definition) is 3. The van der Waals surface area contributed by atoms with E-state index in [1.807, 2.05) is 10.9 Å². The molecule has 0 bridgehead atoms. The van der Waals surface area contributed by atoms with Crippen molar-refractivity contribution in [3.8, 4) is 0 Å². The highest BCUT2D eigenvalue weighted by Crippen LogP contribution is 2.14. The van der Waals surface area contributed by atoms with Gasteiger partial charge in [-0.1, -0.05) is 6.92 Å². The van der Waals surface area contributed by atoms with Crippen LogP contribution in [0.4, 0.5) is 0 Å². The zero-order valence-corrected chi connectivity index (χ0v) is 13.0. The molecule has 0 saturated carbocycles. The molecular weight excluding hydrogens is 250 g/mol. The summed E-state index contributed by atoms with van der Waals surface area (Å²) < 4.78 is 4.03. The van der Waals surface area contributed by atoms with Gasteiger partial charge in [-0.05, 0) is 33.7 Å². The fraction of sp³-hybridized carbons (Fsp3) is 0.600. The molecule has 0 aliphatic rings. The normalized spacial score (nSPS) is 11.2. The van der Waals surface area contributed by atoms with Crippen LogP contribution in [-0.4, -0.2) is 26.1 Å². The maximum Gasteiger partial charge on any atom is 0.0693 e. The lowest BCUT2D eigenvalue weighted by atomic mass is 10.2. The molecule has 2 rings (SSSR count). The standard InChI is InChI=1S/C15H25N5/c1-5-7-16-9-15-12(3)18-20(13(15)4)11-14-8-17-19(6-2)10-14/h8,10,16H,5-7,9,11H2,1-4H3. The topological polar surface area (TPSA) is 47.7 Å². The molecule has 0 atom stereocenters. The van der Waals surface area contributed by atoms with Gasteiger partial charge in [-0.2, -0.15) is 10.2 Å². The van der Waals surface area contributed by atoms with Crippen LogP contribution in [0.1, 0.15) is 42.8 Å². The Kier molecular flexibility index (Phi) is 4.95. The zero-order valence-electron chi connectivity index (χ0n) is 13.0. The van der Waals surface area contributed by atoms with Crippen molar-refractivity contribution in [3.05, 3.63) is 34.9 Å². The van der Waals surface area contributed by atoms with E-state index in [1.165, 1.54) is 16.8 Å². The van der Waals surface area contributed by atoms with E-state index in [1.54, 1.807) is 0 Å². The van der Waals surface area contributed by atoms with Crippen molar-refractivity contribution in [2.75, 3.05) is 6.54 Å². The average molecular weight is 275 g/mol. The lowest BCUT2D eigenvalue weighted by Gasteiger charge is -2.05. The molecule has 2 aromatic rings. The minimum atomic E-state index is 0.792. The van der Waals surface area contributed by atoms with Crippen LogP contribution in [0.15, 0.2) is 12.4 Å². The van der Waals surface area contributed by atoms with E-state index in [0.29, 0.717) is 0 Å². The van der Waals surface area contributed by atoms with Gasteiger partial charge in [-0.3, -0.25) is 9.36 Å². The van der Waals surface area contributed by atoms with E-state index < -0.39 is 0 Å². The molecule has 0 amide bonds. The summed E-state index contributed by atoms with van der Waals surface area (Å²) in [4.78, 5) is 0. The predicted octanol–water partition coefficient (Wildman–Crippen LogP) is 2.26. The molecule has 0 aliphatic heterocycles. The third kappa shape index (κ3) is 3.28. The zero-order chi connectivity index (χ0) is 14.5. The van der Waals surface area contributed by atoms with Crippen LogP contribution in [0.2, 0.25) is 0 Å². The number of aromatic nitrogens is 4. The summed E-state index contributed by atoms with van der Waals surface area (Å²) in [5, 5.41) is 12.4. The van der Waals surface area contributed by atoms with Crippen molar-refractivity contribution in [2.45, 2.75) is 53.8 Å². The minimum absolute atomic E-state index is 0.792. The molecule has 0 spiro atoms. The maximum absolute atomic E-state index is 4.66. The van der Waals surface area contributed by atoms with Gasteiger partial charge in [0.2, 0.25) is 0 Å². The Labute approximate surface area is 121 Å². The second-order valence-electron chi connectivity index (χ2n) is 5.19. The molecule has 5 nitrogen and oxygen atoms in total. The van der Waals surface area contributed by atoms with Gasteiger partial charge >= 0.3 is 0 Å². The number of aryl methyl sites for hydroxylation is 2. The fourth-order valence-corrected chi connectivity index (χ4v) is 2.37. The number of rotatable bonds is 7. The highest BCUT2D eigenvalue weighted by Gasteiger charge is 2.11. The van der Waals surface area contributed by atoms with Gasteiger partial charge in [-0.25, -0.2) is 0 Å². The molecule has 20 heavy (non-hydrogen) atoms. The first-order valence-electron chi connectivity index (χ1n) is 7.40. The first kappa shape index (κ1) is 14.8. The first-order valence-corrected chi connectivity index (χ1v) is 7.40. The van der Waals surface area contributed by atoms with E-state index in [-0.39, 0.29) is 0 Å². The Morgan fingerprint density at radius 2 is 2.05 bits per heavy atom. The largest absolute Gasteiger partial charge is 0.313 e. The van der Waals surface area contributed by atoms with Gasteiger partial charge in [0, 0.05) is 36.1 Å².